The Bertz CT molecular complexity index is 966. The van der Waals surface area contributed by atoms with Crippen LogP contribution in [0.15, 0.2) is 36.8 Å². The maximum absolute atomic E-state index is 13.0. The van der Waals surface area contributed by atoms with Crippen molar-refractivity contribution in [3.63, 3.8) is 0 Å². The van der Waals surface area contributed by atoms with Gasteiger partial charge in [0.1, 0.15) is 0 Å². The van der Waals surface area contributed by atoms with Crippen LogP contribution in [0, 0.1) is 11.8 Å². The Morgan fingerprint density at radius 1 is 1.21 bits per heavy atom. The van der Waals surface area contributed by atoms with Crippen LogP contribution in [0.3, 0.4) is 0 Å². The minimum Gasteiger partial charge on any atom is -0.338 e. The number of nitrogens with zero attached hydrogens (tertiary/aromatic N) is 6. The molecule has 0 N–H and O–H groups in total. The summed E-state index contributed by atoms with van der Waals surface area (Å²) in [6, 6.07) is 5.55. The average Bonchev–Trinajstić information content (AvgIpc) is 3.13. The van der Waals surface area contributed by atoms with Crippen LogP contribution < -0.4 is 0 Å². The number of hydrogen-bond acceptors (Lipinski definition) is 5. The van der Waals surface area contributed by atoms with Crippen molar-refractivity contribution in [2.24, 2.45) is 11.8 Å². The second kappa shape index (κ2) is 8.04. The number of hydrogen-bond donors (Lipinski definition) is 0. The Kier molecular flexibility index (Phi) is 5.32. The van der Waals surface area contributed by atoms with Gasteiger partial charge in [0.2, 0.25) is 0 Å². The van der Waals surface area contributed by atoms with Gasteiger partial charge in [-0.1, -0.05) is 19.1 Å². The van der Waals surface area contributed by atoms with Gasteiger partial charge in [0.25, 0.3) is 5.91 Å². The van der Waals surface area contributed by atoms with Crippen molar-refractivity contribution in [3.8, 4) is 0 Å². The highest BCUT2D eigenvalue weighted by Crippen LogP contribution is 2.21. The molecule has 0 bridgehead atoms. The molecule has 0 aliphatic carbocycles. The van der Waals surface area contributed by atoms with Crippen molar-refractivity contribution in [1.29, 1.82) is 0 Å². The van der Waals surface area contributed by atoms with Crippen LogP contribution in [-0.4, -0.2) is 48.9 Å². The summed E-state index contributed by atoms with van der Waals surface area (Å²) < 4.78 is 1.93. The molecule has 7 heteroatoms. The van der Waals surface area contributed by atoms with E-state index in [0.29, 0.717) is 17.4 Å². The highest BCUT2D eigenvalue weighted by atomic mass is 16.2. The maximum atomic E-state index is 13.0. The molecule has 3 heterocycles. The lowest BCUT2D eigenvalue weighted by atomic mass is 9.97. The lowest BCUT2D eigenvalue weighted by molar-refractivity contribution is 0.0659. The zero-order valence-electron chi connectivity index (χ0n) is 16.5. The predicted molar refractivity (Wildman–Crippen MR) is 107 cm³/mol. The molecule has 2 aromatic heterocycles. The molecule has 7 nitrogen and oxygen atoms in total. The van der Waals surface area contributed by atoms with Crippen LogP contribution in [0.25, 0.3) is 11.0 Å². The zero-order valence-corrected chi connectivity index (χ0v) is 16.5. The molecule has 1 aliphatic rings. The molecule has 1 saturated heterocycles. The molecule has 1 atom stereocenters. The lowest BCUT2D eigenvalue weighted by Gasteiger charge is -2.32. The Balaban J connectivity index is 1.42. The van der Waals surface area contributed by atoms with Crippen molar-refractivity contribution >= 4 is 16.9 Å². The normalized spacial score (nSPS) is 17.4. The molecule has 4 rings (SSSR count). The molecule has 146 valence electrons. The second-order valence-electron chi connectivity index (χ2n) is 8.05. The van der Waals surface area contributed by atoms with Gasteiger partial charge in [-0.25, -0.2) is 0 Å². The Morgan fingerprint density at radius 3 is 2.86 bits per heavy atom. The number of likely N-dealkylation sites (tertiary alicyclic amines) is 1. The highest BCUT2D eigenvalue weighted by Gasteiger charge is 2.25. The molecule has 0 spiro atoms. The first-order chi connectivity index (χ1) is 13.6. The number of fused-ring (bicyclic) bond motifs is 1. The molecule has 1 amide bonds. The zero-order chi connectivity index (χ0) is 19.5. The van der Waals surface area contributed by atoms with E-state index in [9.17, 15) is 4.79 Å². The van der Waals surface area contributed by atoms with Gasteiger partial charge in [-0.3, -0.25) is 19.4 Å². The van der Waals surface area contributed by atoms with E-state index in [-0.39, 0.29) is 5.91 Å². The van der Waals surface area contributed by atoms with Crippen LogP contribution in [0.5, 0.6) is 0 Å². The SMILES string of the molecule is CC(C)Cc1cn(C[C@@H]2CCCN(C(=O)c3ccc4nccnc4c3)C2)nn1. The Hall–Kier alpha value is -2.83. The number of rotatable bonds is 5. The molecule has 1 aliphatic heterocycles. The summed E-state index contributed by atoms with van der Waals surface area (Å²) in [5.74, 6) is 1.03. The van der Waals surface area contributed by atoms with Crippen LogP contribution >= 0.6 is 0 Å². The fourth-order valence-corrected chi connectivity index (χ4v) is 3.88. The van der Waals surface area contributed by atoms with Crippen molar-refractivity contribution in [1.82, 2.24) is 29.9 Å². The third-order valence-electron chi connectivity index (χ3n) is 5.17. The van der Waals surface area contributed by atoms with E-state index in [1.54, 1.807) is 12.4 Å². The quantitative estimate of drug-likeness (QED) is 0.682. The molecular formula is C21H26N6O. The highest BCUT2D eigenvalue weighted by molar-refractivity contribution is 5.97. The monoisotopic (exact) mass is 378 g/mol. The van der Waals surface area contributed by atoms with E-state index in [2.05, 4.69) is 34.1 Å². The minimum atomic E-state index is 0.0661. The van der Waals surface area contributed by atoms with Gasteiger partial charge >= 0.3 is 0 Å². The topological polar surface area (TPSA) is 76.8 Å². The Labute approximate surface area is 164 Å². The van der Waals surface area contributed by atoms with Crippen molar-refractivity contribution in [2.45, 2.75) is 39.7 Å². The first-order valence-corrected chi connectivity index (χ1v) is 9.97. The molecule has 3 aromatic rings. The van der Waals surface area contributed by atoms with Gasteiger partial charge in [-0.2, -0.15) is 0 Å². The fourth-order valence-electron chi connectivity index (χ4n) is 3.88. The van der Waals surface area contributed by atoms with E-state index >= 15 is 0 Å². The van der Waals surface area contributed by atoms with E-state index in [1.807, 2.05) is 34.0 Å². The molecule has 28 heavy (non-hydrogen) atoms. The molecule has 1 fully saturated rings. The predicted octanol–water partition coefficient (Wildman–Crippen LogP) is 2.97. The van der Waals surface area contributed by atoms with Gasteiger partial charge in [0.05, 0.1) is 16.7 Å². The first-order valence-electron chi connectivity index (χ1n) is 9.97. The van der Waals surface area contributed by atoms with Crippen LogP contribution in [0.2, 0.25) is 0 Å². The number of amides is 1. The summed E-state index contributed by atoms with van der Waals surface area (Å²) in [7, 11) is 0. The summed E-state index contributed by atoms with van der Waals surface area (Å²) in [6.45, 7) is 6.71. The van der Waals surface area contributed by atoms with E-state index in [4.69, 9.17) is 0 Å². The summed E-state index contributed by atoms with van der Waals surface area (Å²) in [5, 5.41) is 8.55. The van der Waals surface area contributed by atoms with Crippen molar-refractivity contribution in [2.75, 3.05) is 13.1 Å². The fraction of sp³-hybridized carbons (Fsp3) is 0.476. The second-order valence-corrected chi connectivity index (χ2v) is 8.05. The summed E-state index contributed by atoms with van der Waals surface area (Å²) in [6.07, 6.45) is 8.42. The summed E-state index contributed by atoms with van der Waals surface area (Å²) in [5.41, 5.74) is 3.27. The third kappa shape index (κ3) is 4.18. The average molecular weight is 378 g/mol. The lowest BCUT2D eigenvalue weighted by Crippen LogP contribution is -2.41. The minimum absolute atomic E-state index is 0.0661. The van der Waals surface area contributed by atoms with Crippen LogP contribution in [0.1, 0.15) is 42.7 Å². The van der Waals surface area contributed by atoms with Gasteiger partial charge in [-0.15, -0.1) is 5.10 Å². The summed E-state index contributed by atoms with van der Waals surface area (Å²) >= 11 is 0. The van der Waals surface area contributed by atoms with Gasteiger partial charge in [-0.05, 0) is 49.3 Å². The van der Waals surface area contributed by atoms with Crippen molar-refractivity contribution in [3.05, 3.63) is 48.0 Å². The van der Waals surface area contributed by atoms with E-state index in [0.717, 1.165) is 55.6 Å². The van der Waals surface area contributed by atoms with Crippen molar-refractivity contribution < 1.29 is 4.79 Å². The van der Waals surface area contributed by atoms with Crippen LogP contribution in [0.4, 0.5) is 0 Å². The number of carbonyl (C=O) groups is 1. The maximum Gasteiger partial charge on any atom is 0.253 e. The molecule has 0 radical (unpaired) electrons. The standard InChI is InChI=1S/C21H26N6O/c1-15(2)10-18-14-27(25-24-18)13-16-4-3-9-26(12-16)21(28)17-5-6-19-20(11-17)23-8-7-22-19/h5-8,11,14-16H,3-4,9-10,12-13H2,1-2H3/t16-/m1/s1. The third-order valence-corrected chi connectivity index (χ3v) is 5.17. The van der Waals surface area contributed by atoms with E-state index < -0.39 is 0 Å². The van der Waals surface area contributed by atoms with Crippen LogP contribution in [-0.2, 0) is 13.0 Å². The summed E-state index contributed by atoms with van der Waals surface area (Å²) in [4.78, 5) is 23.5. The first kappa shape index (κ1) is 18.5. The van der Waals surface area contributed by atoms with E-state index in [1.165, 1.54) is 0 Å². The molecular weight excluding hydrogens is 352 g/mol. The molecule has 1 aromatic carbocycles. The smallest absolute Gasteiger partial charge is 0.253 e. The number of benzene rings is 1. The largest absolute Gasteiger partial charge is 0.338 e. The number of aromatic nitrogens is 5. The van der Waals surface area contributed by atoms with Gasteiger partial charge < -0.3 is 4.90 Å². The Morgan fingerprint density at radius 2 is 2.04 bits per heavy atom. The van der Waals surface area contributed by atoms with Gasteiger partial charge in [0.15, 0.2) is 0 Å². The molecule has 0 unspecified atom stereocenters. The number of carbonyl (C=O) groups excluding carboxylic acids is 1. The van der Waals surface area contributed by atoms with Gasteiger partial charge in [0, 0.05) is 43.8 Å². The number of piperidine rings is 1. The molecule has 0 saturated carbocycles.